The Hall–Kier alpha value is -2.08. The highest BCUT2D eigenvalue weighted by atomic mass is 35.5. The van der Waals surface area contributed by atoms with Gasteiger partial charge in [-0.1, -0.05) is 24.4 Å². The van der Waals surface area contributed by atoms with Crippen LogP contribution in [0.2, 0.25) is 5.02 Å². The number of nitrogens with one attached hydrogen (secondary N) is 2. The predicted octanol–water partition coefficient (Wildman–Crippen LogP) is 2.22. The summed E-state index contributed by atoms with van der Waals surface area (Å²) in [5, 5.41) is 0.514. The maximum Gasteiger partial charge on any atom is 0.306 e. The van der Waals surface area contributed by atoms with Crippen LogP contribution in [0, 0.1) is 5.92 Å². The molecule has 0 radical (unpaired) electrons. The number of hydrogen-bond donors (Lipinski definition) is 2. The second kappa shape index (κ2) is 8.53. The van der Waals surface area contributed by atoms with Gasteiger partial charge in [0.05, 0.1) is 0 Å². The Bertz CT molecular complexity index is 568. The predicted molar refractivity (Wildman–Crippen MR) is 84.6 cm³/mol. The molecule has 1 aliphatic rings. The van der Waals surface area contributed by atoms with Crippen molar-refractivity contribution >= 4 is 29.4 Å². The van der Waals surface area contributed by atoms with E-state index in [-0.39, 0.29) is 5.97 Å². The van der Waals surface area contributed by atoms with Crippen LogP contribution in [0.1, 0.15) is 42.5 Å². The molecule has 7 heteroatoms. The summed E-state index contributed by atoms with van der Waals surface area (Å²) < 4.78 is 4.90. The zero-order valence-corrected chi connectivity index (χ0v) is 13.4. The summed E-state index contributed by atoms with van der Waals surface area (Å²) in [4.78, 5) is 34.9. The first-order valence-corrected chi connectivity index (χ1v) is 7.93. The molecule has 0 unspecified atom stereocenters. The zero-order chi connectivity index (χ0) is 16.7. The lowest BCUT2D eigenvalue weighted by Crippen LogP contribution is -2.43. The summed E-state index contributed by atoms with van der Waals surface area (Å²) >= 11 is 5.73. The topological polar surface area (TPSA) is 84.5 Å². The lowest BCUT2D eigenvalue weighted by molar-refractivity contribution is -0.149. The molecule has 0 spiro atoms. The fraction of sp³-hybridized carbons (Fsp3) is 0.438. The molecule has 1 aromatic rings. The Labute approximate surface area is 139 Å². The van der Waals surface area contributed by atoms with Crippen molar-refractivity contribution < 1.29 is 19.1 Å². The van der Waals surface area contributed by atoms with Crippen LogP contribution >= 0.6 is 11.6 Å². The Morgan fingerprint density at radius 2 is 1.74 bits per heavy atom. The lowest BCUT2D eigenvalue weighted by Gasteiger charge is -2.10. The average Bonchev–Trinajstić information content (AvgIpc) is 3.04. The van der Waals surface area contributed by atoms with Crippen LogP contribution < -0.4 is 10.9 Å². The molecular weight excluding hydrogens is 320 g/mol. The summed E-state index contributed by atoms with van der Waals surface area (Å²) in [5.74, 6) is -1.08. The number of benzene rings is 1. The maximum absolute atomic E-state index is 11.8. The minimum absolute atomic E-state index is 0.352. The number of rotatable bonds is 5. The van der Waals surface area contributed by atoms with Gasteiger partial charge in [-0.15, -0.1) is 0 Å². The zero-order valence-electron chi connectivity index (χ0n) is 12.6. The van der Waals surface area contributed by atoms with E-state index in [0.717, 1.165) is 25.7 Å². The highest BCUT2D eigenvalue weighted by Gasteiger charge is 2.19. The van der Waals surface area contributed by atoms with Crippen molar-refractivity contribution in [3.8, 4) is 0 Å². The lowest BCUT2D eigenvalue weighted by atomic mass is 10.1. The number of halogens is 1. The third-order valence-electron chi connectivity index (χ3n) is 3.72. The summed E-state index contributed by atoms with van der Waals surface area (Å²) in [6.45, 7) is -0.410. The number of hydrazine groups is 1. The Morgan fingerprint density at radius 1 is 1.09 bits per heavy atom. The molecule has 0 bridgehead atoms. The van der Waals surface area contributed by atoms with Crippen molar-refractivity contribution in [3.63, 3.8) is 0 Å². The fourth-order valence-electron chi connectivity index (χ4n) is 2.49. The molecule has 0 atom stereocenters. The van der Waals surface area contributed by atoms with Crippen LogP contribution in [0.15, 0.2) is 24.3 Å². The maximum atomic E-state index is 11.8. The van der Waals surface area contributed by atoms with Crippen LogP contribution in [0.25, 0.3) is 0 Å². The van der Waals surface area contributed by atoms with Gasteiger partial charge < -0.3 is 4.74 Å². The Balaban J connectivity index is 1.65. The van der Waals surface area contributed by atoms with E-state index >= 15 is 0 Å². The van der Waals surface area contributed by atoms with Gasteiger partial charge in [-0.25, -0.2) is 0 Å². The second-order valence-corrected chi connectivity index (χ2v) is 5.96. The molecule has 2 rings (SSSR count). The highest BCUT2D eigenvalue weighted by molar-refractivity contribution is 6.30. The molecule has 0 saturated heterocycles. The van der Waals surface area contributed by atoms with E-state index < -0.39 is 18.4 Å². The van der Waals surface area contributed by atoms with Gasteiger partial charge in [0, 0.05) is 17.0 Å². The number of hydrogen-bond acceptors (Lipinski definition) is 4. The molecule has 2 amide bonds. The molecule has 2 N–H and O–H groups in total. The monoisotopic (exact) mass is 338 g/mol. The molecule has 1 fully saturated rings. The van der Waals surface area contributed by atoms with E-state index in [2.05, 4.69) is 10.9 Å². The van der Waals surface area contributed by atoms with E-state index in [9.17, 15) is 14.4 Å². The quantitative estimate of drug-likeness (QED) is 0.637. The molecule has 124 valence electrons. The molecule has 23 heavy (non-hydrogen) atoms. The average molecular weight is 339 g/mol. The van der Waals surface area contributed by atoms with Gasteiger partial charge in [0.2, 0.25) is 0 Å². The number of carbonyl (C=O) groups excluding carboxylic acids is 3. The van der Waals surface area contributed by atoms with Gasteiger partial charge in [-0.05, 0) is 43.0 Å². The van der Waals surface area contributed by atoms with Crippen molar-refractivity contribution in [2.24, 2.45) is 5.92 Å². The van der Waals surface area contributed by atoms with Crippen molar-refractivity contribution in [1.82, 2.24) is 10.9 Å². The summed E-state index contributed by atoms with van der Waals surface area (Å²) in [7, 11) is 0. The first kappa shape index (κ1) is 17.3. The van der Waals surface area contributed by atoms with Crippen molar-refractivity contribution in [1.29, 1.82) is 0 Å². The van der Waals surface area contributed by atoms with E-state index in [1.54, 1.807) is 12.1 Å². The molecule has 0 aromatic heterocycles. The van der Waals surface area contributed by atoms with Crippen molar-refractivity contribution in [3.05, 3.63) is 34.9 Å². The van der Waals surface area contributed by atoms with Crippen LogP contribution in [-0.2, 0) is 14.3 Å². The van der Waals surface area contributed by atoms with Crippen LogP contribution in [0.5, 0.6) is 0 Å². The number of esters is 1. The Morgan fingerprint density at radius 3 is 2.39 bits per heavy atom. The van der Waals surface area contributed by atoms with Crippen LogP contribution in [0.3, 0.4) is 0 Å². The number of ether oxygens (including phenoxy) is 1. The summed E-state index contributed by atoms with van der Waals surface area (Å²) in [6, 6.07) is 6.21. The first-order valence-electron chi connectivity index (χ1n) is 7.55. The molecule has 6 nitrogen and oxygen atoms in total. The van der Waals surface area contributed by atoms with Gasteiger partial charge in [-0.3, -0.25) is 25.2 Å². The Kier molecular flexibility index (Phi) is 6.40. The molecular formula is C16H19ClN2O4. The van der Waals surface area contributed by atoms with Gasteiger partial charge in [0.1, 0.15) is 0 Å². The molecule has 0 aliphatic heterocycles. The van der Waals surface area contributed by atoms with Gasteiger partial charge in [0.25, 0.3) is 11.8 Å². The summed E-state index contributed by atoms with van der Waals surface area (Å²) in [6.07, 6.45) is 4.73. The van der Waals surface area contributed by atoms with E-state index in [1.807, 2.05) is 0 Å². The van der Waals surface area contributed by atoms with E-state index in [4.69, 9.17) is 16.3 Å². The summed E-state index contributed by atoms with van der Waals surface area (Å²) in [5.41, 5.74) is 4.79. The number of amides is 2. The van der Waals surface area contributed by atoms with Crippen LogP contribution in [0.4, 0.5) is 0 Å². The minimum Gasteiger partial charge on any atom is -0.455 e. The number of carbonyl (C=O) groups is 3. The van der Waals surface area contributed by atoms with Gasteiger partial charge in [-0.2, -0.15) is 0 Å². The normalized spacial score (nSPS) is 14.3. The SMILES string of the molecule is O=C(COC(=O)CC1CCCC1)NNC(=O)c1ccc(Cl)cc1. The highest BCUT2D eigenvalue weighted by Crippen LogP contribution is 2.27. The van der Waals surface area contributed by atoms with Crippen molar-refractivity contribution in [2.45, 2.75) is 32.1 Å². The van der Waals surface area contributed by atoms with Crippen LogP contribution in [-0.4, -0.2) is 24.4 Å². The third-order valence-corrected chi connectivity index (χ3v) is 3.97. The molecule has 1 aromatic carbocycles. The molecule has 0 heterocycles. The van der Waals surface area contributed by atoms with E-state index in [0.29, 0.717) is 22.9 Å². The largest absolute Gasteiger partial charge is 0.455 e. The third kappa shape index (κ3) is 5.90. The second-order valence-electron chi connectivity index (χ2n) is 5.52. The van der Waals surface area contributed by atoms with E-state index in [1.165, 1.54) is 12.1 Å². The van der Waals surface area contributed by atoms with Crippen molar-refractivity contribution in [2.75, 3.05) is 6.61 Å². The van der Waals surface area contributed by atoms with Gasteiger partial charge >= 0.3 is 5.97 Å². The standard InChI is InChI=1S/C16H19ClN2O4/c17-13-7-5-12(6-8-13)16(22)19-18-14(20)10-23-15(21)9-11-3-1-2-4-11/h5-8,11H,1-4,9-10H2,(H,18,20)(H,19,22). The fourth-order valence-corrected chi connectivity index (χ4v) is 2.62. The molecule has 1 aliphatic carbocycles. The van der Waals surface area contributed by atoms with Gasteiger partial charge in [0.15, 0.2) is 6.61 Å². The first-order chi connectivity index (χ1) is 11.0. The minimum atomic E-state index is -0.591. The smallest absolute Gasteiger partial charge is 0.306 e. The molecule has 1 saturated carbocycles.